The van der Waals surface area contributed by atoms with E-state index in [1.54, 1.807) is 0 Å². The van der Waals surface area contributed by atoms with Crippen molar-refractivity contribution < 1.29 is 0 Å². The van der Waals surface area contributed by atoms with E-state index in [1.807, 2.05) is 0 Å². The molecule has 13 heavy (non-hydrogen) atoms. The lowest BCUT2D eigenvalue weighted by atomic mass is 9.72. The van der Waals surface area contributed by atoms with Crippen LogP contribution in [0.15, 0.2) is 0 Å². The highest BCUT2D eigenvalue weighted by atomic mass is 32.2. The van der Waals surface area contributed by atoms with Crippen molar-refractivity contribution in [2.45, 2.75) is 58.6 Å². The molecule has 1 rings (SSSR count). The van der Waals surface area contributed by atoms with Crippen molar-refractivity contribution in [2.24, 2.45) is 11.3 Å². The summed E-state index contributed by atoms with van der Waals surface area (Å²) in [5.74, 6) is 2.27. The highest BCUT2D eigenvalue weighted by Gasteiger charge is 2.29. The molecular formula is C12H24S. The third-order valence-corrected chi connectivity index (χ3v) is 4.58. The molecule has 0 aromatic heterocycles. The Morgan fingerprint density at radius 2 is 1.62 bits per heavy atom. The largest absolute Gasteiger partial charge is 0.159 e. The predicted octanol–water partition coefficient (Wildman–Crippen LogP) is 4.34. The molecule has 0 aliphatic heterocycles. The van der Waals surface area contributed by atoms with E-state index in [0.717, 1.165) is 11.2 Å². The molecule has 0 bridgehead atoms. The van der Waals surface area contributed by atoms with Gasteiger partial charge in [-0.05, 0) is 42.8 Å². The smallest absolute Gasteiger partial charge is 0.00471 e. The van der Waals surface area contributed by atoms with Crippen LogP contribution in [0.25, 0.3) is 0 Å². The van der Waals surface area contributed by atoms with Gasteiger partial charge in [0.2, 0.25) is 0 Å². The van der Waals surface area contributed by atoms with Gasteiger partial charge < -0.3 is 0 Å². The normalized spacial score (nSPS) is 30.5. The van der Waals surface area contributed by atoms with Gasteiger partial charge in [0.15, 0.2) is 0 Å². The molecular weight excluding hydrogens is 176 g/mol. The molecule has 1 fully saturated rings. The number of thioether (sulfide) groups is 1. The standard InChI is InChI=1S/C12H24S/c1-5-13-11-8-6-10(7-9-11)12(2,3)4/h10-11H,5-9H2,1-4H3. The van der Waals surface area contributed by atoms with Gasteiger partial charge in [0, 0.05) is 5.25 Å². The van der Waals surface area contributed by atoms with E-state index in [-0.39, 0.29) is 0 Å². The minimum Gasteiger partial charge on any atom is -0.159 e. The zero-order chi connectivity index (χ0) is 9.90. The Kier molecular flexibility index (Phi) is 4.15. The van der Waals surface area contributed by atoms with Gasteiger partial charge in [-0.3, -0.25) is 0 Å². The van der Waals surface area contributed by atoms with Crippen molar-refractivity contribution >= 4 is 11.8 Å². The van der Waals surface area contributed by atoms with E-state index in [4.69, 9.17) is 0 Å². The Morgan fingerprint density at radius 3 is 2.00 bits per heavy atom. The van der Waals surface area contributed by atoms with Crippen molar-refractivity contribution in [3.63, 3.8) is 0 Å². The average Bonchev–Trinajstić information content (AvgIpc) is 2.04. The van der Waals surface area contributed by atoms with Gasteiger partial charge in [-0.1, -0.05) is 27.7 Å². The Morgan fingerprint density at radius 1 is 1.08 bits per heavy atom. The van der Waals surface area contributed by atoms with Gasteiger partial charge in [-0.2, -0.15) is 11.8 Å². The zero-order valence-corrected chi connectivity index (χ0v) is 10.4. The fraction of sp³-hybridized carbons (Fsp3) is 1.00. The predicted molar refractivity (Wildman–Crippen MR) is 63.3 cm³/mol. The highest BCUT2D eigenvalue weighted by Crippen LogP contribution is 2.40. The maximum atomic E-state index is 2.39. The molecule has 0 aromatic rings. The van der Waals surface area contributed by atoms with Gasteiger partial charge in [0.05, 0.1) is 0 Å². The van der Waals surface area contributed by atoms with Gasteiger partial charge >= 0.3 is 0 Å². The first-order valence-corrected chi connectivity index (χ1v) is 6.70. The Hall–Kier alpha value is 0.350. The lowest BCUT2D eigenvalue weighted by Gasteiger charge is -2.36. The Labute approximate surface area is 87.9 Å². The lowest BCUT2D eigenvalue weighted by molar-refractivity contribution is 0.182. The van der Waals surface area contributed by atoms with Gasteiger partial charge in [-0.15, -0.1) is 0 Å². The van der Waals surface area contributed by atoms with Crippen molar-refractivity contribution in [1.29, 1.82) is 0 Å². The number of hydrogen-bond acceptors (Lipinski definition) is 1. The average molecular weight is 200 g/mol. The van der Waals surface area contributed by atoms with Crippen LogP contribution in [0.1, 0.15) is 53.4 Å². The lowest BCUT2D eigenvalue weighted by Crippen LogP contribution is -2.26. The van der Waals surface area contributed by atoms with Crippen LogP contribution in [0.2, 0.25) is 0 Å². The van der Waals surface area contributed by atoms with Crippen molar-refractivity contribution in [3.05, 3.63) is 0 Å². The summed E-state index contributed by atoms with van der Waals surface area (Å²) in [6.07, 6.45) is 5.84. The second-order valence-corrected chi connectivity index (χ2v) is 6.87. The van der Waals surface area contributed by atoms with Gasteiger partial charge in [-0.25, -0.2) is 0 Å². The summed E-state index contributed by atoms with van der Waals surface area (Å²) < 4.78 is 0. The van der Waals surface area contributed by atoms with E-state index in [9.17, 15) is 0 Å². The summed E-state index contributed by atoms with van der Waals surface area (Å²) in [6.45, 7) is 9.46. The molecule has 0 spiro atoms. The quantitative estimate of drug-likeness (QED) is 0.639. The van der Waals surface area contributed by atoms with Crippen molar-refractivity contribution in [3.8, 4) is 0 Å². The van der Waals surface area contributed by atoms with Crippen LogP contribution in [-0.2, 0) is 0 Å². The third kappa shape index (κ3) is 3.53. The van der Waals surface area contributed by atoms with Crippen LogP contribution in [0.5, 0.6) is 0 Å². The number of rotatable bonds is 2. The van der Waals surface area contributed by atoms with E-state index >= 15 is 0 Å². The van der Waals surface area contributed by atoms with Gasteiger partial charge in [0.1, 0.15) is 0 Å². The molecule has 0 atom stereocenters. The second kappa shape index (κ2) is 4.72. The SMILES string of the molecule is CCSC1CCC(C(C)(C)C)CC1. The van der Waals surface area contributed by atoms with Gasteiger partial charge in [0.25, 0.3) is 0 Å². The van der Waals surface area contributed by atoms with E-state index < -0.39 is 0 Å². The minimum absolute atomic E-state index is 0.544. The van der Waals surface area contributed by atoms with Crippen molar-refractivity contribution in [2.75, 3.05) is 5.75 Å². The summed E-state index contributed by atoms with van der Waals surface area (Å²) in [7, 11) is 0. The van der Waals surface area contributed by atoms with Crippen LogP contribution in [-0.4, -0.2) is 11.0 Å². The number of hydrogen-bond donors (Lipinski definition) is 0. The maximum Gasteiger partial charge on any atom is 0.00471 e. The molecule has 0 aromatic carbocycles. The molecule has 1 saturated carbocycles. The first-order valence-electron chi connectivity index (χ1n) is 5.65. The minimum atomic E-state index is 0.544. The fourth-order valence-electron chi connectivity index (χ4n) is 2.33. The Balaban J connectivity index is 2.30. The van der Waals surface area contributed by atoms with E-state index in [0.29, 0.717) is 5.41 Å². The summed E-state index contributed by atoms with van der Waals surface area (Å²) >= 11 is 2.16. The summed E-state index contributed by atoms with van der Waals surface area (Å²) in [6, 6.07) is 0. The van der Waals surface area contributed by atoms with Crippen LogP contribution in [0, 0.1) is 11.3 Å². The molecule has 0 saturated heterocycles. The first-order chi connectivity index (χ1) is 6.04. The molecule has 1 heteroatoms. The van der Waals surface area contributed by atoms with Crippen molar-refractivity contribution in [1.82, 2.24) is 0 Å². The second-order valence-electron chi connectivity index (χ2n) is 5.29. The molecule has 78 valence electrons. The molecule has 0 unspecified atom stereocenters. The molecule has 0 nitrogen and oxygen atoms in total. The molecule has 0 heterocycles. The summed E-state index contributed by atoms with van der Waals surface area (Å²) in [5.41, 5.74) is 0.544. The molecule has 0 N–H and O–H groups in total. The van der Waals surface area contributed by atoms with Crippen LogP contribution >= 0.6 is 11.8 Å². The molecule has 0 radical (unpaired) electrons. The van der Waals surface area contributed by atoms with Crippen LogP contribution < -0.4 is 0 Å². The monoisotopic (exact) mass is 200 g/mol. The third-order valence-electron chi connectivity index (χ3n) is 3.30. The fourth-order valence-corrected chi connectivity index (χ4v) is 3.41. The highest BCUT2D eigenvalue weighted by molar-refractivity contribution is 7.99. The maximum absolute atomic E-state index is 2.39. The molecule has 1 aliphatic carbocycles. The summed E-state index contributed by atoms with van der Waals surface area (Å²) in [5, 5.41) is 0.976. The summed E-state index contributed by atoms with van der Waals surface area (Å²) in [4.78, 5) is 0. The molecule has 0 amide bonds. The van der Waals surface area contributed by atoms with E-state index in [2.05, 4.69) is 39.5 Å². The van der Waals surface area contributed by atoms with Crippen LogP contribution in [0.4, 0.5) is 0 Å². The van der Waals surface area contributed by atoms with Crippen LogP contribution in [0.3, 0.4) is 0 Å². The zero-order valence-electron chi connectivity index (χ0n) is 9.60. The Bertz CT molecular complexity index is 138. The van der Waals surface area contributed by atoms with E-state index in [1.165, 1.54) is 31.4 Å². The molecule has 1 aliphatic rings. The topological polar surface area (TPSA) is 0 Å². The first kappa shape index (κ1) is 11.4.